The first-order chi connectivity index (χ1) is 6.86. The Labute approximate surface area is 84.6 Å². The molecule has 4 heteroatoms. The van der Waals surface area contributed by atoms with Crippen LogP contribution in [0.4, 0.5) is 0 Å². The van der Waals surface area contributed by atoms with E-state index < -0.39 is 0 Å². The smallest absolute Gasteiger partial charge is 0.222 e. The molecule has 0 aromatic rings. The van der Waals surface area contributed by atoms with Gasteiger partial charge in [0.15, 0.2) is 0 Å². The van der Waals surface area contributed by atoms with Crippen molar-refractivity contribution in [3.8, 4) is 0 Å². The zero-order chi connectivity index (χ0) is 9.80. The molecule has 2 rings (SSSR count). The normalized spacial score (nSPS) is 28.4. The first-order valence-corrected chi connectivity index (χ1v) is 5.45. The zero-order valence-electron chi connectivity index (χ0n) is 8.50. The van der Waals surface area contributed by atoms with Crippen LogP contribution in [-0.2, 0) is 9.53 Å². The predicted octanol–water partition coefficient (Wildman–Crippen LogP) is -0.0127. The molecule has 0 spiro atoms. The summed E-state index contributed by atoms with van der Waals surface area (Å²) in [5, 5.41) is 3.39. The number of likely N-dealkylation sites (tertiary alicyclic amines) is 1. The number of hydrogen-bond acceptors (Lipinski definition) is 3. The summed E-state index contributed by atoms with van der Waals surface area (Å²) in [6.45, 7) is 4.39. The van der Waals surface area contributed by atoms with Crippen molar-refractivity contribution < 1.29 is 9.53 Å². The van der Waals surface area contributed by atoms with Crippen LogP contribution in [0.5, 0.6) is 0 Å². The van der Waals surface area contributed by atoms with Crippen LogP contribution in [0.3, 0.4) is 0 Å². The lowest BCUT2D eigenvalue weighted by Crippen LogP contribution is -2.43. The number of ether oxygens (including phenoxy) is 1. The van der Waals surface area contributed by atoms with Crippen molar-refractivity contribution in [1.29, 1.82) is 0 Å². The summed E-state index contributed by atoms with van der Waals surface area (Å²) in [4.78, 5) is 13.3. The summed E-state index contributed by atoms with van der Waals surface area (Å²) in [5.41, 5.74) is 0. The summed E-state index contributed by atoms with van der Waals surface area (Å²) in [7, 11) is 0. The first-order valence-electron chi connectivity index (χ1n) is 5.45. The molecule has 1 N–H and O–H groups in total. The lowest BCUT2D eigenvalue weighted by Gasteiger charge is -2.25. The minimum Gasteiger partial charge on any atom is -0.379 e. The van der Waals surface area contributed by atoms with Gasteiger partial charge in [0.2, 0.25) is 5.91 Å². The second-order valence-corrected chi connectivity index (χ2v) is 4.00. The van der Waals surface area contributed by atoms with Crippen LogP contribution in [0, 0.1) is 0 Å². The standard InChI is InChI=1S/C10H18N2O2/c13-10-2-1-5-12(10)6-3-9-8-14-7-4-11-9/h9,11H,1-8H2. The monoisotopic (exact) mass is 198 g/mol. The maximum absolute atomic E-state index is 11.3. The third kappa shape index (κ3) is 2.45. The summed E-state index contributed by atoms with van der Waals surface area (Å²) in [6, 6.07) is 0.442. The van der Waals surface area contributed by atoms with Crippen LogP contribution in [0.15, 0.2) is 0 Å². The summed E-state index contributed by atoms with van der Waals surface area (Å²) >= 11 is 0. The van der Waals surface area contributed by atoms with E-state index in [0.717, 1.165) is 52.1 Å². The van der Waals surface area contributed by atoms with Gasteiger partial charge in [0.05, 0.1) is 13.2 Å². The molecule has 80 valence electrons. The van der Waals surface area contributed by atoms with Gasteiger partial charge < -0.3 is 15.0 Å². The number of rotatable bonds is 3. The Morgan fingerprint density at radius 2 is 2.50 bits per heavy atom. The number of carbonyl (C=O) groups is 1. The Bertz CT molecular complexity index is 202. The van der Waals surface area contributed by atoms with Crippen molar-refractivity contribution in [2.45, 2.75) is 25.3 Å². The highest BCUT2D eigenvalue weighted by Gasteiger charge is 2.21. The van der Waals surface area contributed by atoms with Crippen LogP contribution in [0.2, 0.25) is 0 Å². The molecule has 2 aliphatic heterocycles. The molecule has 4 nitrogen and oxygen atoms in total. The minimum absolute atomic E-state index is 0.321. The SMILES string of the molecule is O=C1CCCN1CCC1COCCN1. The summed E-state index contributed by atoms with van der Waals surface area (Å²) in [6.07, 6.45) is 2.80. The maximum atomic E-state index is 11.3. The second kappa shape index (κ2) is 4.75. The molecular weight excluding hydrogens is 180 g/mol. The van der Waals surface area contributed by atoms with E-state index in [1.165, 1.54) is 0 Å². The van der Waals surface area contributed by atoms with Gasteiger partial charge in [-0.1, -0.05) is 0 Å². The molecule has 0 bridgehead atoms. The van der Waals surface area contributed by atoms with Gasteiger partial charge in [-0.15, -0.1) is 0 Å². The minimum atomic E-state index is 0.321. The van der Waals surface area contributed by atoms with Crippen molar-refractivity contribution in [2.24, 2.45) is 0 Å². The Morgan fingerprint density at radius 1 is 1.57 bits per heavy atom. The third-order valence-electron chi connectivity index (χ3n) is 2.92. The van der Waals surface area contributed by atoms with Gasteiger partial charge in [0.25, 0.3) is 0 Å². The number of morpholine rings is 1. The molecule has 1 unspecified atom stereocenters. The van der Waals surface area contributed by atoms with E-state index in [2.05, 4.69) is 5.32 Å². The summed E-state index contributed by atoms with van der Waals surface area (Å²) < 4.78 is 5.36. The van der Waals surface area contributed by atoms with Gasteiger partial charge in [-0.05, 0) is 12.8 Å². The molecule has 1 amide bonds. The Hall–Kier alpha value is -0.610. The fraction of sp³-hybridized carbons (Fsp3) is 0.900. The number of nitrogens with zero attached hydrogens (tertiary/aromatic N) is 1. The molecule has 0 aliphatic carbocycles. The van der Waals surface area contributed by atoms with Crippen molar-refractivity contribution in [3.05, 3.63) is 0 Å². The molecule has 2 aliphatic rings. The van der Waals surface area contributed by atoms with E-state index in [1.807, 2.05) is 4.90 Å². The van der Waals surface area contributed by atoms with Crippen molar-refractivity contribution in [2.75, 3.05) is 32.8 Å². The molecule has 1 atom stereocenters. The number of carbonyl (C=O) groups excluding carboxylic acids is 1. The molecule has 2 saturated heterocycles. The van der Waals surface area contributed by atoms with Gasteiger partial charge in [-0.25, -0.2) is 0 Å². The van der Waals surface area contributed by atoms with E-state index in [4.69, 9.17) is 4.74 Å². The highest BCUT2D eigenvalue weighted by Crippen LogP contribution is 2.11. The Morgan fingerprint density at radius 3 is 3.14 bits per heavy atom. The maximum Gasteiger partial charge on any atom is 0.222 e. The predicted molar refractivity (Wildman–Crippen MR) is 53.0 cm³/mol. The number of nitrogens with one attached hydrogen (secondary N) is 1. The van der Waals surface area contributed by atoms with Crippen molar-refractivity contribution in [3.63, 3.8) is 0 Å². The third-order valence-corrected chi connectivity index (χ3v) is 2.92. The summed E-state index contributed by atoms with van der Waals surface area (Å²) in [5.74, 6) is 0.321. The Balaban J connectivity index is 1.68. The van der Waals surface area contributed by atoms with Crippen LogP contribution < -0.4 is 5.32 Å². The zero-order valence-corrected chi connectivity index (χ0v) is 8.50. The van der Waals surface area contributed by atoms with Crippen LogP contribution in [-0.4, -0.2) is 49.7 Å². The van der Waals surface area contributed by atoms with E-state index in [9.17, 15) is 4.79 Å². The second-order valence-electron chi connectivity index (χ2n) is 4.00. The highest BCUT2D eigenvalue weighted by atomic mass is 16.5. The topological polar surface area (TPSA) is 41.6 Å². The molecule has 2 fully saturated rings. The van der Waals surface area contributed by atoms with Crippen LogP contribution in [0.25, 0.3) is 0 Å². The number of amides is 1. The quantitative estimate of drug-likeness (QED) is 0.693. The first kappa shape index (κ1) is 9.93. The Kier molecular flexibility index (Phi) is 3.37. The molecule has 0 aromatic carbocycles. The molecule has 14 heavy (non-hydrogen) atoms. The molecule has 2 heterocycles. The van der Waals surface area contributed by atoms with Gasteiger partial charge in [0, 0.05) is 32.1 Å². The van der Waals surface area contributed by atoms with E-state index >= 15 is 0 Å². The van der Waals surface area contributed by atoms with E-state index in [1.54, 1.807) is 0 Å². The molecule has 0 radical (unpaired) electrons. The highest BCUT2D eigenvalue weighted by molar-refractivity contribution is 5.77. The van der Waals surface area contributed by atoms with E-state index in [0.29, 0.717) is 11.9 Å². The fourth-order valence-electron chi connectivity index (χ4n) is 2.06. The average Bonchev–Trinajstić information content (AvgIpc) is 2.63. The average molecular weight is 198 g/mol. The van der Waals surface area contributed by atoms with Crippen LogP contribution in [0.1, 0.15) is 19.3 Å². The number of hydrogen-bond donors (Lipinski definition) is 1. The molecular formula is C10H18N2O2. The van der Waals surface area contributed by atoms with E-state index in [-0.39, 0.29) is 0 Å². The van der Waals surface area contributed by atoms with Gasteiger partial charge in [-0.2, -0.15) is 0 Å². The lowest BCUT2D eigenvalue weighted by atomic mass is 10.2. The molecule has 0 saturated carbocycles. The molecule has 0 aromatic heterocycles. The van der Waals surface area contributed by atoms with Gasteiger partial charge in [-0.3, -0.25) is 4.79 Å². The van der Waals surface area contributed by atoms with Gasteiger partial charge in [0.1, 0.15) is 0 Å². The van der Waals surface area contributed by atoms with Crippen molar-refractivity contribution in [1.82, 2.24) is 10.2 Å². The van der Waals surface area contributed by atoms with Crippen LogP contribution >= 0.6 is 0 Å². The lowest BCUT2D eigenvalue weighted by molar-refractivity contribution is -0.127. The largest absolute Gasteiger partial charge is 0.379 e. The van der Waals surface area contributed by atoms with Crippen molar-refractivity contribution >= 4 is 5.91 Å². The fourth-order valence-corrected chi connectivity index (χ4v) is 2.06. The van der Waals surface area contributed by atoms with Gasteiger partial charge >= 0.3 is 0 Å².